The van der Waals surface area contributed by atoms with E-state index in [-0.39, 0.29) is 29.9 Å². The average molecular weight is 301 g/mol. The molecule has 0 atom stereocenters. The molecule has 0 aliphatic rings. The van der Waals surface area contributed by atoms with Crippen molar-refractivity contribution in [2.75, 3.05) is 13.2 Å². The van der Waals surface area contributed by atoms with Gasteiger partial charge in [0.1, 0.15) is 23.5 Å². The van der Waals surface area contributed by atoms with Gasteiger partial charge in [0, 0.05) is 6.07 Å². The zero-order chi connectivity index (χ0) is 15.5. The maximum Gasteiger partial charge on any atom is 0.262 e. The van der Waals surface area contributed by atoms with Gasteiger partial charge in [0.15, 0.2) is 5.82 Å². The number of halogens is 1. The number of aromatic amines is 1. The van der Waals surface area contributed by atoms with Crippen molar-refractivity contribution in [3.05, 3.63) is 52.6 Å². The predicted molar refractivity (Wildman–Crippen MR) is 78.1 cm³/mol. The van der Waals surface area contributed by atoms with E-state index in [0.717, 1.165) is 0 Å². The van der Waals surface area contributed by atoms with Gasteiger partial charge < -0.3 is 14.8 Å². The zero-order valence-corrected chi connectivity index (χ0v) is 11.4. The number of fused-ring (bicyclic) bond motifs is 1. The number of aliphatic hydroxyl groups excluding tert-OH is 1. The van der Waals surface area contributed by atoms with Crippen LogP contribution in [0.5, 0.6) is 5.88 Å². The summed E-state index contributed by atoms with van der Waals surface area (Å²) in [6, 6.07) is 9.21. The van der Waals surface area contributed by atoms with Crippen LogP contribution in [0.4, 0.5) is 4.39 Å². The second-order valence-corrected chi connectivity index (χ2v) is 4.48. The minimum absolute atomic E-state index is 0.0843. The maximum atomic E-state index is 13.7. The Morgan fingerprint density at radius 3 is 2.82 bits per heavy atom. The molecule has 0 amide bonds. The molecule has 0 spiro atoms. The summed E-state index contributed by atoms with van der Waals surface area (Å²) in [6.07, 6.45) is 0. The number of benzene rings is 1. The largest absolute Gasteiger partial charge is 0.475 e. The predicted octanol–water partition coefficient (Wildman–Crippen LogP) is 1.50. The van der Waals surface area contributed by atoms with E-state index in [0.29, 0.717) is 11.6 Å². The van der Waals surface area contributed by atoms with Gasteiger partial charge in [-0.25, -0.2) is 14.4 Å². The van der Waals surface area contributed by atoms with Gasteiger partial charge in [0.25, 0.3) is 5.56 Å². The van der Waals surface area contributed by atoms with Gasteiger partial charge in [-0.3, -0.25) is 4.79 Å². The molecule has 0 fully saturated rings. The summed E-state index contributed by atoms with van der Waals surface area (Å²) in [5.74, 6) is -0.100. The Kier molecular flexibility index (Phi) is 3.80. The van der Waals surface area contributed by atoms with Gasteiger partial charge in [-0.2, -0.15) is 0 Å². The van der Waals surface area contributed by atoms with Crippen molar-refractivity contribution in [3.63, 3.8) is 0 Å². The molecule has 0 unspecified atom stereocenters. The third-order valence-corrected chi connectivity index (χ3v) is 2.99. The quantitative estimate of drug-likeness (QED) is 0.762. The molecule has 22 heavy (non-hydrogen) atoms. The summed E-state index contributed by atoms with van der Waals surface area (Å²) in [5, 5.41) is 8.66. The third-order valence-electron chi connectivity index (χ3n) is 2.99. The first-order valence-corrected chi connectivity index (χ1v) is 6.58. The van der Waals surface area contributed by atoms with Crippen molar-refractivity contribution >= 4 is 10.9 Å². The van der Waals surface area contributed by atoms with E-state index in [2.05, 4.69) is 15.0 Å². The lowest BCUT2D eigenvalue weighted by molar-refractivity contribution is 0.197. The molecule has 2 N–H and O–H groups in total. The zero-order valence-electron chi connectivity index (χ0n) is 11.4. The van der Waals surface area contributed by atoms with Crippen molar-refractivity contribution in [2.45, 2.75) is 0 Å². The van der Waals surface area contributed by atoms with Crippen LogP contribution >= 0.6 is 0 Å². The van der Waals surface area contributed by atoms with Crippen LogP contribution in [-0.4, -0.2) is 33.3 Å². The first-order chi connectivity index (χ1) is 10.7. The molecule has 0 bridgehead atoms. The standard InChI is InChI=1S/C15H12FN3O3/c16-9-3-1-4-10-13(9)15(21)19-14(18-10)11-5-2-6-12(17-11)22-8-7-20/h1-6,20H,7-8H2,(H,18,19,21). The Morgan fingerprint density at radius 1 is 1.18 bits per heavy atom. The second kappa shape index (κ2) is 5.90. The highest BCUT2D eigenvalue weighted by molar-refractivity contribution is 5.79. The number of rotatable bonds is 4. The minimum atomic E-state index is -0.620. The van der Waals surface area contributed by atoms with Gasteiger partial charge in [-0.1, -0.05) is 12.1 Å². The molecule has 112 valence electrons. The summed E-state index contributed by atoms with van der Waals surface area (Å²) < 4.78 is 18.9. The maximum absolute atomic E-state index is 13.7. The molecule has 6 nitrogen and oxygen atoms in total. The van der Waals surface area contributed by atoms with Crippen LogP contribution < -0.4 is 10.3 Å². The number of H-pyrrole nitrogens is 1. The molecular formula is C15H12FN3O3. The fourth-order valence-corrected chi connectivity index (χ4v) is 2.05. The van der Waals surface area contributed by atoms with E-state index < -0.39 is 11.4 Å². The molecule has 7 heteroatoms. The van der Waals surface area contributed by atoms with E-state index in [9.17, 15) is 9.18 Å². The minimum Gasteiger partial charge on any atom is -0.475 e. The monoisotopic (exact) mass is 301 g/mol. The Balaban J connectivity index is 2.09. The Labute approximate surface area is 124 Å². The third kappa shape index (κ3) is 2.66. The highest BCUT2D eigenvalue weighted by atomic mass is 19.1. The molecule has 0 aliphatic heterocycles. The van der Waals surface area contributed by atoms with E-state index in [1.54, 1.807) is 24.3 Å². The summed E-state index contributed by atoms with van der Waals surface area (Å²) in [7, 11) is 0. The lowest BCUT2D eigenvalue weighted by atomic mass is 10.2. The topological polar surface area (TPSA) is 88.1 Å². The number of hydrogen-bond acceptors (Lipinski definition) is 5. The van der Waals surface area contributed by atoms with E-state index in [1.807, 2.05) is 0 Å². The summed E-state index contributed by atoms with van der Waals surface area (Å²) in [6.45, 7) is -0.0143. The highest BCUT2D eigenvalue weighted by Crippen LogP contribution is 2.18. The second-order valence-electron chi connectivity index (χ2n) is 4.48. The molecule has 1 aromatic carbocycles. The summed E-state index contributed by atoms with van der Waals surface area (Å²) in [5.41, 5.74) is 0.0718. The molecule has 3 aromatic rings. The molecule has 0 aliphatic carbocycles. The number of aromatic nitrogens is 3. The van der Waals surface area contributed by atoms with Crippen LogP contribution in [0.25, 0.3) is 22.4 Å². The Morgan fingerprint density at radius 2 is 2.00 bits per heavy atom. The summed E-state index contributed by atoms with van der Waals surface area (Å²) >= 11 is 0. The number of aliphatic hydroxyl groups is 1. The number of nitrogens with one attached hydrogen (secondary N) is 1. The number of nitrogens with zero attached hydrogens (tertiary/aromatic N) is 2. The lowest BCUT2D eigenvalue weighted by Gasteiger charge is -2.06. The molecule has 2 heterocycles. The lowest BCUT2D eigenvalue weighted by Crippen LogP contribution is -2.11. The SMILES string of the molecule is O=c1[nH]c(-c2cccc(OCCO)n2)nc2cccc(F)c12. The number of hydrogen-bond donors (Lipinski definition) is 2. The van der Waals surface area contributed by atoms with Crippen molar-refractivity contribution in [1.82, 2.24) is 15.0 Å². The summed E-state index contributed by atoms with van der Waals surface area (Å²) in [4.78, 5) is 23.0. The van der Waals surface area contributed by atoms with E-state index in [1.165, 1.54) is 12.1 Å². The van der Waals surface area contributed by atoms with Crippen LogP contribution in [0.2, 0.25) is 0 Å². The molecule has 3 rings (SSSR count). The van der Waals surface area contributed by atoms with Gasteiger partial charge in [0.05, 0.1) is 12.1 Å². The van der Waals surface area contributed by atoms with Gasteiger partial charge >= 0.3 is 0 Å². The van der Waals surface area contributed by atoms with E-state index in [4.69, 9.17) is 9.84 Å². The number of ether oxygens (including phenoxy) is 1. The molecule has 0 saturated heterocycles. The van der Waals surface area contributed by atoms with Crippen LogP contribution in [0.1, 0.15) is 0 Å². The number of pyridine rings is 1. The van der Waals surface area contributed by atoms with Crippen LogP contribution in [0.3, 0.4) is 0 Å². The Bertz CT molecular complexity index is 879. The first-order valence-electron chi connectivity index (χ1n) is 6.58. The highest BCUT2D eigenvalue weighted by Gasteiger charge is 2.11. The fraction of sp³-hybridized carbons (Fsp3) is 0.133. The molecular weight excluding hydrogens is 289 g/mol. The van der Waals surface area contributed by atoms with Crippen molar-refractivity contribution < 1.29 is 14.2 Å². The first kappa shape index (κ1) is 14.2. The van der Waals surface area contributed by atoms with Crippen LogP contribution in [0.15, 0.2) is 41.2 Å². The molecule has 0 saturated carbocycles. The average Bonchev–Trinajstić information content (AvgIpc) is 2.53. The van der Waals surface area contributed by atoms with Crippen molar-refractivity contribution in [2.24, 2.45) is 0 Å². The Hall–Kier alpha value is -2.80. The smallest absolute Gasteiger partial charge is 0.262 e. The molecule has 2 aromatic heterocycles. The van der Waals surface area contributed by atoms with Crippen molar-refractivity contribution in [3.8, 4) is 17.4 Å². The fourth-order valence-electron chi connectivity index (χ4n) is 2.05. The van der Waals surface area contributed by atoms with Crippen LogP contribution in [0, 0.1) is 5.82 Å². The molecule has 0 radical (unpaired) electrons. The van der Waals surface area contributed by atoms with Gasteiger partial charge in [-0.15, -0.1) is 0 Å². The van der Waals surface area contributed by atoms with Crippen molar-refractivity contribution in [1.29, 1.82) is 0 Å². The van der Waals surface area contributed by atoms with Gasteiger partial charge in [0.2, 0.25) is 5.88 Å². The van der Waals surface area contributed by atoms with Crippen LogP contribution in [-0.2, 0) is 0 Å². The van der Waals surface area contributed by atoms with Gasteiger partial charge in [-0.05, 0) is 18.2 Å². The normalized spacial score (nSPS) is 10.8. The van der Waals surface area contributed by atoms with E-state index >= 15 is 0 Å².